The molecule has 2 aliphatic rings. The van der Waals surface area contributed by atoms with Crippen molar-refractivity contribution in [1.82, 2.24) is 0 Å². The lowest BCUT2D eigenvalue weighted by Gasteiger charge is -2.37. The van der Waals surface area contributed by atoms with E-state index in [0.29, 0.717) is 42.3 Å². The maximum Gasteiger partial charge on any atom is 0.205 e. The minimum Gasteiger partial charge on any atom is -0.493 e. The van der Waals surface area contributed by atoms with E-state index in [2.05, 4.69) is 6.07 Å². The van der Waals surface area contributed by atoms with Crippen molar-refractivity contribution in [2.75, 3.05) is 13.7 Å². The Balaban J connectivity index is 2.11. The summed E-state index contributed by atoms with van der Waals surface area (Å²) in [5, 5.41) is 9.71. The van der Waals surface area contributed by atoms with Crippen LogP contribution in [0.25, 0.3) is 0 Å². The summed E-state index contributed by atoms with van der Waals surface area (Å²) in [4.78, 5) is 13.0. The molecule has 0 spiro atoms. The number of methoxy groups -OCH3 is 1. The molecule has 28 heavy (non-hydrogen) atoms. The van der Waals surface area contributed by atoms with Crippen LogP contribution in [0.3, 0.4) is 0 Å². The van der Waals surface area contributed by atoms with Gasteiger partial charge in [0.15, 0.2) is 17.3 Å². The second kappa shape index (κ2) is 7.59. The largest absolute Gasteiger partial charge is 0.493 e. The topological polar surface area (TPSA) is 94.6 Å². The van der Waals surface area contributed by atoms with Crippen LogP contribution in [0.2, 0.25) is 0 Å². The van der Waals surface area contributed by atoms with Gasteiger partial charge in [-0.1, -0.05) is 26.8 Å². The minimum atomic E-state index is -0.563. The number of ketones is 1. The molecule has 1 heterocycles. The number of carbonyl (C=O) groups is 1. The monoisotopic (exact) mass is 382 g/mol. The van der Waals surface area contributed by atoms with E-state index < -0.39 is 5.92 Å². The number of rotatable bonds is 5. The maximum absolute atomic E-state index is 13.0. The van der Waals surface area contributed by atoms with Gasteiger partial charge < -0.3 is 19.9 Å². The van der Waals surface area contributed by atoms with E-state index in [4.69, 9.17) is 19.9 Å². The first-order valence-electron chi connectivity index (χ1n) is 9.46. The molecule has 6 heteroatoms. The highest BCUT2D eigenvalue weighted by molar-refractivity contribution is 6.00. The number of allylic oxidation sites excluding steroid dienone is 3. The average molecular weight is 382 g/mol. The summed E-state index contributed by atoms with van der Waals surface area (Å²) in [7, 11) is 1.57. The van der Waals surface area contributed by atoms with Crippen LogP contribution in [0, 0.1) is 16.7 Å². The van der Waals surface area contributed by atoms with Crippen molar-refractivity contribution in [3.05, 3.63) is 46.6 Å². The number of hydrogen-bond donors (Lipinski definition) is 1. The fraction of sp³-hybridized carbons (Fsp3) is 0.455. The molecule has 6 nitrogen and oxygen atoms in total. The molecule has 0 aromatic heterocycles. The van der Waals surface area contributed by atoms with Gasteiger partial charge in [0.2, 0.25) is 5.88 Å². The summed E-state index contributed by atoms with van der Waals surface area (Å²) in [6, 6.07) is 7.60. The molecule has 0 radical (unpaired) electrons. The van der Waals surface area contributed by atoms with Gasteiger partial charge in [0, 0.05) is 18.4 Å². The highest BCUT2D eigenvalue weighted by Crippen LogP contribution is 2.48. The van der Waals surface area contributed by atoms with Gasteiger partial charge in [0.25, 0.3) is 0 Å². The van der Waals surface area contributed by atoms with E-state index in [1.165, 1.54) is 0 Å². The van der Waals surface area contributed by atoms with Crippen LogP contribution in [0.5, 0.6) is 11.5 Å². The standard InChI is InChI=1S/C22H26N2O4/c1-5-8-27-16-7-6-13(9-17(16)26-4)19-14(12-23)21(24)28-18-11-22(2,3)10-15(25)20(18)19/h6-7,9,19H,5,8,10-11,24H2,1-4H3/t19-/m0/s1. The van der Waals surface area contributed by atoms with Gasteiger partial charge in [-0.25, -0.2) is 0 Å². The van der Waals surface area contributed by atoms with Gasteiger partial charge in [-0.2, -0.15) is 5.26 Å². The zero-order valence-corrected chi connectivity index (χ0v) is 16.8. The first-order valence-corrected chi connectivity index (χ1v) is 9.46. The summed E-state index contributed by atoms with van der Waals surface area (Å²) in [6.07, 6.45) is 1.88. The third-order valence-electron chi connectivity index (χ3n) is 5.06. The Morgan fingerprint density at radius 3 is 2.71 bits per heavy atom. The SMILES string of the molecule is CCCOc1ccc([C@H]2C(C#N)=C(N)OC3=C2C(=O)CC(C)(C)C3)cc1OC. The lowest BCUT2D eigenvalue weighted by atomic mass is 9.70. The lowest BCUT2D eigenvalue weighted by Crippen LogP contribution is -2.33. The van der Waals surface area contributed by atoms with Crippen molar-refractivity contribution in [2.45, 2.75) is 46.0 Å². The highest BCUT2D eigenvalue weighted by Gasteiger charge is 2.43. The third-order valence-corrected chi connectivity index (χ3v) is 5.06. The summed E-state index contributed by atoms with van der Waals surface area (Å²) >= 11 is 0. The molecule has 1 aliphatic carbocycles. The molecule has 1 atom stereocenters. The van der Waals surface area contributed by atoms with Gasteiger partial charge in [-0.05, 0) is 29.5 Å². The molecule has 1 aliphatic heterocycles. The van der Waals surface area contributed by atoms with E-state index in [1.807, 2.05) is 39.0 Å². The predicted molar refractivity (Wildman–Crippen MR) is 104 cm³/mol. The molecule has 0 saturated heterocycles. The Kier molecular flexibility index (Phi) is 5.37. The van der Waals surface area contributed by atoms with Crippen LogP contribution in [0.1, 0.15) is 51.5 Å². The summed E-state index contributed by atoms with van der Waals surface area (Å²) in [5.41, 5.74) is 7.37. The second-order valence-corrected chi connectivity index (χ2v) is 7.96. The van der Waals surface area contributed by atoms with Gasteiger partial charge in [-0.15, -0.1) is 0 Å². The van der Waals surface area contributed by atoms with Crippen LogP contribution in [0.4, 0.5) is 0 Å². The number of carbonyl (C=O) groups excluding carboxylic acids is 1. The minimum absolute atomic E-state index is 0.0122. The van der Waals surface area contributed by atoms with E-state index in [9.17, 15) is 10.1 Å². The van der Waals surface area contributed by atoms with Crippen LogP contribution in [-0.2, 0) is 9.53 Å². The molecule has 0 fully saturated rings. The van der Waals surface area contributed by atoms with Gasteiger partial charge >= 0.3 is 0 Å². The highest BCUT2D eigenvalue weighted by atomic mass is 16.5. The molecule has 1 aromatic rings. The molecule has 3 rings (SSSR count). The molecular weight excluding hydrogens is 356 g/mol. The summed E-state index contributed by atoms with van der Waals surface area (Å²) in [5.74, 6) is 1.23. The van der Waals surface area contributed by atoms with Crippen molar-refractivity contribution in [2.24, 2.45) is 11.1 Å². The molecule has 2 N–H and O–H groups in total. The number of benzene rings is 1. The summed E-state index contributed by atoms with van der Waals surface area (Å²) in [6.45, 7) is 6.65. The van der Waals surface area contributed by atoms with Gasteiger partial charge in [0.05, 0.1) is 19.6 Å². The quantitative estimate of drug-likeness (QED) is 0.829. The van der Waals surface area contributed by atoms with Crippen molar-refractivity contribution < 1.29 is 19.0 Å². The number of ether oxygens (including phenoxy) is 3. The fourth-order valence-electron chi connectivity index (χ4n) is 3.81. The smallest absolute Gasteiger partial charge is 0.205 e. The van der Waals surface area contributed by atoms with Gasteiger partial charge in [-0.3, -0.25) is 4.79 Å². The van der Waals surface area contributed by atoms with E-state index in [-0.39, 0.29) is 22.7 Å². The predicted octanol–water partition coefficient (Wildman–Crippen LogP) is 3.93. The Morgan fingerprint density at radius 1 is 1.32 bits per heavy atom. The Bertz CT molecular complexity index is 906. The first kappa shape index (κ1) is 19.8. The third kappa shape index (κ3) is 3.57. The molecule has 0 bridgehead atoms. The second-order valence-electron chi connectivity index (χ2n) is 7.96. The lowest BCUT2D eigenvalue weighted by molar-refractivity contribution is -0.119. The van der Waals surface area contributed by atoms with Crippen molar-refractivity contribution in [3.63, 3.8) is 0 Å². The van der Waals surface area contributed by atoms with Crippen LogP contribution in [-0.4, -0.2) is 19.5 Å². The zero-order chi connectivity index (χ0) is 20.5. The van der Waals surface area contributed by atoms with Crippen molar-refractivity contribution in [3.8, 4) is 17.6 Å². The molecule has 1 aromatic carbocycles. The van der Waals surface area contributed by atoms with Crippen LogP contribution < -0.4 is 15.2 Å². The number of nitrogens with zero attached hydrogens (tertiary/aromatic N) is 1. The molecule has 0 unspecified atom stereocenters. The van der Waals surface area contributed by atoms with Crippen LogP contribution >= 0.6 is 0 Å². The normalized spacial score (nSPS) is 21.0. The Labute approximate surface area is 165 Å². The molecule has 0 saturated carbocycles. The van der Waals surface area contributed by atoms with Crippen molar-refractivity contribution >= 4 is 5.78 Å². The molecule has 0 amide bonds. The molecule has 148 valence electrons. The van der Waals surface area contributed by atoms with Gasteiger partial charge in [0.1, 0.15) is 17.4 Å². The Morgan fingerprint density at radius 2 is 2.07 bits per heavy atom. The fourth-order valence-corrected chi connectivity index (χ4v) is 3.81. The number of hydrogen-bond acceptors (Lipinski definition) is 6. The van der Waals surface area contributed by atoms with E-state index in [1.54, 1.807) is 7.11 Å². The molecular formula is C22H26N2O4. The summed E-state index contributed by atoms with van der Waals surface area (Å²) < 4.78 is 16.9. The maximum atomic E-state index is 13.0. The van der Waals surface area contributed by atoms with Crippen molar-refractivity contribution in [1.29, 1.82) is 5.26 Å². The number of Topliss-reactive ketones (excluding diaryl/α,β-unsaturated/α-hetero) is 1. The Hall–Kier alpha value is -2.94. The first-order chi connectivity index (χ1) is 13.3. The number of nitriles is 1. The number of nitrogens with two attached hydrogens (primary N) is 1. The van der Waals surface area contributed by atoms with E-state index >= 15 is 0 Å². The van der Waals surface area contributed by atoms with E-state index in [0.717, 1.165) is 12.0 Å². The zero-order valence-electron chi connectivity index (χ0n) is 16.8. The van der Waals surface area contributed by atoms with Crippen LogP contribution in [0.15, 0.2) is 41.0 Å². The average Bonchev–Trinajstić information content (AvgIpc) is 2.64.